The zero-order valence-electron chi connectivity index (χ0n) is 13.6. The van der Waals surface area contributed by atoms with Crippen LogP contribution < -0.4 is 15.8 Å². The molecule has 1 aromatic heterocycles. The van der Waals surface area contributed by atoms with E-state index in [1.54, 1.807) is 0 Å². The van der Waals surface area contributed by atoms with Gasteiger partial charge in [-0.1, -0.05) is 13.8 Å². The summed E-state index contributed by atoms with van der Waals surface area (Å²) in [5.74, 6) is 1.29. The number of nitrogens with one attached hydrogen (secondary N) is 1. The first-order valence-electron chi connectivity index (χ1n) is 7.66. The quantitative estimate of drug-likeness (QED) is 0.843. The Hall–Kier alpha value is -1.49. The van der Waals surface area contributed by atoms with Crippen LogP contribution in [0.2, 0.25) is 0 Å². The second-order valence-electron chi connectivity index (χ2n) is 6.46. The number of nitrogen functional groups attached to an aromatic ring is 1. The van der Waals surface area contributed by atoms with Crippen molar-refractivity contribution in [2.45, 2.75) is 59.3 Å². The summed E-state index contributed by atoms with van der Waals surface area (Å²) >= 11 is 0. The fourth-order valence-electron chi connectivity index (χ4n) is 2.64. The van der Waals surface area contributed by atoms with Gasteiger partial charge in [-0.3, -0.25) is 0 Å². The van der Waals surface area contributed by atoms with Crippen LogP contribution in [0.5, 0.6) is 5.88 Å². The van der Waals surface area contributed by atoms with E-state index in [4.69, 9.17) is 15.2 Å². The monoisotopic (exact) mass is 293 g/mol. The van der Waals surface area contributed by atoms with Crippen LogP contribution in [0.1, 0.15) is 41.0 Å². The topological polar surface area (TPSA) is 69.4 Å². The lowest BCUT2D eigenvalue weighted by Crippen LogP contribution is -2.58. The van der Waals surface area contributed by atoms with Crippen LogP contribution >= 0.6 is 0 Å². The molecule has 1 fully saturated rings. The highest BCUT2D eigenvalue weighted by Crippen LogP contribution is 2.44. The van der Waals surface area contributed by atoms with E-state index in [1.165, 1.54) is 0 Å². The minimum absolute atomic E-state index is 0.0533. The van der Waals surface area contributed by atoms with E-state index >= 15 is 0 Å². The zero-order valence-corrected chi connectivity index (χ0v) is 13.6. The van der Waals surface area contributed by atoms with Crippen molar-refractivity contribution in [2.24, 2.45) is 5.41 Å². The number of aromatic nitrogens is 1. The second kappa shape index (κ2) is 6.10. The molecule has 21 heavy (non-hydrogen) atoms. The van der Waals surface area contributed by atoms with Crippen LogP contribution in [0.25, 0.3) is 0 Å². The van der Waals surface area contributed by atoms with Crippen LogP contribution in [0, 0.1) is 5.41 Å². The molecule has 1 saturated carbocycles. The van der Waals surface area contributed by atoms with Gasteiger partial charge >= 0.3 is 0 Å². The number of anilines is 2. The summed E-state index contributed by atoms with van der Waals surface area (Å²) in [4.78, 5) is 4.47. The molecule has 0 bridgehead atoms. The summed E-state index contributed by atoms with van der Waals surface area (Å²) in [6.45, 7) is 11.2. The molecule has 0 aliphatic heterocycles. The van der Waals surface area contributed by atoms with Crippen LogP contribution in [-0.4, -0.2) is 29.8 Å². The lowest BCUT2D eigenvalue weighted by Gasteiger charge is -2.51. The fourth-order valence-corrected chi connectivity index (χ4v) is 2.64. The number of hydrogen-bond acceptors (Lipinski definition) is 5. The van der Waals surface area contributed by atoms with Crippen molar-refractivity contribution in [3.63, 3.8) is 0 Å². The zero-order chi connectivity index (χ0) is 15.6. The third kappa shape index (κ3) is 3.40. The van der Waals surface area contributed by atoms with Gasteiger partial charge in [0.2, 0.25) is 5.88 Å². The van der Waals surface area contributed by atoms with Crippen molar-refractivity contribution in [1.29, 1.82) is 0 Å². The number of hydrogen-bond donors (Lipinski definition) is 2. The first-order chi connectivity index (χ1) is 9.84. The van der Waals surface area contributed by atoms with Gasteiger partial charge in [0.25, 0.3) is 0 Å². The molecule has 2 rings (SSSR count). The maximum absolute atomic E-state index is 5.89. The number of pyridine rings is 1. The lowest BCUT2D eigenvalue weighted by atomic mass is 9.64. The van der Waals surface area contributed by atoms with Gasteiger partial charge in [-0.15, -0.1) is 0 Å². The van der Waals surface area contributed by atoms with Crippen LogP contribution in [0.4, 0.5) is 11.5 Å². The predicted molar refractivity (Wildman–Crippen MR) is 85.6 cm³/mol. The summed E-state index contributed by atoms with van der Waals surface area (Å²) in [5, 5.41) is 3.47. The van der Waals surface area contributed by atoms with Gasteiger partial charge in [0, 0.05) is 18.1 Å². The van der Waals surface area contributed by atoms with E-state index in [0.717, 1.165) is 18.8 Å². The lowest BCUT2D eigenvalue weighted by molar-refractivity contribution is -0.0976. The van der Waals surface area contributed by atoms with Crippen molar-refractivity contribution >= 4 is 11.5 Å². The van der Waals surface area contributed by atoms with Crippen molar-refractivity contribution in [3.05, 3.63) is 12.1 Å². The number of ether oxygens (including phenoxy) is 2. The molecule has 118 valence electrons. The average Bonchev–Trinajstić information content (AvgIpc) is 2.40. The minimum Gasteiger partial charge on any atom is -0.473 e. The highest BCUT2D eigenvalue weighted by atomic mass is 16.5. The van der Waals surface area contributed by atoms with Gasteiger partial charge in [0.15, 0.2) is 0 Å². The molecule has 1 aliphatic rings. The Morgan fingerprint density at radius 2 is 2.14 bits per heavy atom. The Balaban J connectivity index is 2.04. The molecule has 2 unspecified atom stereocenters. The molecule has 3 N–H and O–H groups in total. The van der Waals surface area contributed by atoms with Crippen LogP contribution in [0.15, 0.2) is 12.1 Å². The average molecular weight is 293 g/mol. The Bertz CT molecular complexity index is 488. The Morgan fingerprint density at radius 3 is 2.71 bits per heavy atom. The van der Waals surface area contributed by atoms with Gasteiger partial charge in [0.1, 0.15) is 5.82 Å². The SMILES string of the molecule is CCOC1CC(Nc2ccc(N)c(OC(C)C)n2)C1(C)C. The van der Waals surface area contributed by atoms with E-state index in [2.05, 4.69) is 24.1 Å². The molecule has 1 aromatic rings. The smallest absolute Gasteiger partial charge is 0.239 e. The first-order valence-corrected chi connectivity index (χ1v) is 7.66. The normalized spacial score (nSPS) is 23.7. The molecule has 1 aliphatic carbocycles. The molecule has 0 spiro atoms. The number of rotatable bonds is 6. The summed E-state index contributed by atoms with van der Waals surface area (Å²) in [7, 11) is 0. The minimum atomic E-state index is 0.0533. The largest absolute Gasteiger partial charge is 0.473 e. The highest BCUT2D eigenvalue weighted by Gasteiger charge is 2.49. The van der Waals surface area contributed by atoms with Gasteiger partial charge in [-0.25, -0.2) is 0 Å². The molecule has 0 saturated heterocycles. The third-order valence-electron chi connectivity index (χ3n) is 4.10. The molecular weight excluding hydrogens is 266 g/mol. The van der Waals surface area contributed by atoms with Gasteiger partial charge in [-0.2, -0.15) is 4.98 Å². The number of nitrogens with zero attached hydrogens (tertiary/aromatic N) is 1. The van der Waals surface area contributed by atoms with Gasteiger partial charge in [0.05, 0.1) is 17.9 Å². The molecule has 0 amide bonds. The van der Waals surface area contributed by atoms with E-state index in [1.807, 2.05) is 32.9 Å². The van der Waals surface area contributed by atoms with E-state index in [9.17, 15) is 0 Å². The highest BCUT2D eigenvalue weighted by molar-refractivity contribution is 5.54. The molecule has 0 aromatic carbocycles. The van der Waals surface area contributed by atoms with Crippen molar-refractivity contribution < 1.29 is 9.47 Å². The Labute approximate surface area is 127 Å². The number of nitrogens with two attached hydrogens (primary N) is 1. The maximum Gasteiger partial charge on any atom is 0.239 e. The van der Waals surface area contributed by atoms with E-state index in [-0.39, 0.29) is 11.5 Å². The summed E-state index contributed by atoms with van der Waals surface area (Å²) < 4.78 is 11.4. The Morgan fingerprint density at radius 1 is 1.43 bits per heavy atom. The molecule has 5 heteroatoms. The van der Waals surface area contributed by atoms with Crippen molar-refractivity contribution in [2.75, 3.05) is 17.7 Å². The summed E-state index contributed by atoms with van der Waals surface area (Å²) in [6.07, 6.45) is 1.35. The van der Waals surface area contributed by atoms with Gasteiger partial charge in [-0.05, 0) is 39.3 Å². The molecular formula is C16H27N3O2. The van der Waals surface area contributed by atoms with Gasteiger partial charge < -0.3 is 20.5 Å². The van der Waals surface area contributed by atoms with Crippen molar-refractivity contribution in [3.8, 4) is 5.88 Å². The molecule has 0 radical (unpaired) electrons. The van der Waals surface area contributed by atoms with Crippen LogP contribution in [0.3, 0.4) is 0 Å². The van der Waals surface area contributed by atoms with Crippen LogP contribution in [-0.2, 0) is 4.74 Å². The molecule has 1 heterocycles. The standard InChI is InChI=1S/C16H27N3O2/c1-6-20-13-9-12(16(13,4)5)18-14-8-7-11(17)15(19-14)21-10(2)3/h7-8,10,12-13H,6,9,17H2,1-5H3,(H,18,19). The Kier molecular flexibility index (Phi) is 4.61. The third-order valence-corrected chi connectivity index (χ3v) is 4.10. The second-order valence-corrected chi connectivity index (χ2v) is 6.46. The fraction of sp³-hybridized carbons (Fsp3) is 0.688. The van der Waals surface area contributed by atoms with Crippen molar-refractivity contribution in [1.82, 2.24) is 4.98 Å². The van der Waals surface area contributed by atoms with E-state index < -0.39 is 0 Å². The first kappa shape index (κ1) is 15.9. The summed E-state index contributed by atoms with van der Waals surface area (Å²) in [6, 6.07) is 4.07. The maximum atomic E-state index is 5.89. The molecule has 5 nitrogen and oxygen atoms in total. The summed E-state index contributed by atoms with van der Waals surface area (Å²) in [5.41, 5.74) is 6.55. The van der Waals surface area contributed by atoms with E-state index in [0.29, 0.717) is 23.7 Å². The molecule has 2 atom stereocenters. The predicted octanol–water partition coefficient (Wildman–Crippen LogP) is 3.07.